The van der Waals surface area contributed by atoms with Gasteiger partial charge in [-0.15, -0.1) is 0 Å². The Morgan fingerprint density at radius 1 is 0.309 bits per heavy atom. The minimum absolute atomic E-state index is 0.0844. The average molecular weight is 950 g/mol. The van der Waals surface area contributed by atoms with Gasteiger partial charge in [-0.3, -0.25) is 14.4 Å². The molecule has 0 radical (unpaired) electrons. The van der Waals surface area contributed by atoms with Gasteiger partial charge in [-0.05, 0) is 103 Å². The predicted molar refractivity (Wildman–Crippen MR) is 293 cm³/mol. The second kappa shape index (κ2) is 56.4. The van der Waals surface area contributed by atoms with Gasteiger partial charge in [0.05, 0.1) is 0 Å². The molecule has 0 amide bonds. The number of ether oxygens (including phenoxy) is 3. The van der Waals surface area contributed by atoms with E-state index in [9.17, 15) is 14.4 Å². The van der Waals surface area contributed by atoms with Gasteiger partial charge < -0.3 is 14.2 Å². The van der Waals surface area contributed by atoms with Crippen LogP contribution in [0, 0.1) is 0 Å². The smallest absolute Gasteiger partial charge is 0.306 e. The third kappa shape index (κ3) is 53.8. The van der Waals surface area contributed by atoms with Crippen molar-refractivity contribution in [2.45, 2.75) is 290 Å². The van der Waals surface area contributed by atoms with E-state index in [2.05, 4.69) is 93.7 Å². The first-order valence-corrected chi connectivity index (χ1v) is 28.9. The third-order valence-electron chi connectivity index (χ3n) is 12.4. The molecule has 0 aromatic carbocycles. The summed E-state index contributed by atoms with van der Waals surface area (Å²) in [6.07, 6.45) is 71.9. The van der Waals surface area contributed by atoms with E-state index in [0.29, 0.717) is 19.3 Å². The van der Waals surface area contributed by atoms with Crippen LogP contribution in [0.1, 0.15) is 284 Å². The fourth-order valence-corrected chi connectivity index (χ4v) is 8.08. The maximum atomic E-state index is 12.8. The second-order valence-corrected chi connectivity index (χ2v) is 19.2. The Kier molecular flexibility index (Phi) is 53.8. The molecule has 0 aliphatic rings. The molecule has 0 rings (SSSR count). The van der Waals surface area contributed by atoms with Crippen molar-refractivity contribution in [2.75, 3.05) is 13.2 Å². The molecule has 0 aromatic heterocycles. The highest BCUT2D eigenvalue weighted by Crippen LogP contribution is 2.15. The van der Waals surface area contributed by atoms with E-state index in [4.69, 9.17) is 14.2 Å². The van der Waals surface area contributed by atoms with Crippen LogP contribution in [0.4, 0.5) is 0 Å². The molecular formula is C62H108O6. The van der Waals surface area contributed by atoms with Gasteiger partial charge in [0.2, 0.25) is 0 Å². The average Bonchev–Trinajstić information content (AvgIpc) is 3.34. The van der Waals surface area contributed by atoms with Gasteiger partial charge in [-0.25, -0.2) is 0 Å². The zero-order valence-corrected chi connectivity index (χ0v) is 44.9. The molecule has 1 unspecified atom stereocenters. The Bertz CT molecular complexity index is 1270. The summed E-state index contributed by atoms with van der Waals surface area (Å²) in [6.45, 7) is 6.46. The standard InChI is InChI=1S/C62H108O6/c1-4-7-10-13-16-19-22-24-26-28-30-31-33-34-36-38-40-43-46-49-52-55-61(64)67-58-59(57-66-60(63)54-51-48-45-42-21-18-15-12-9-6-3)68-62(65)56-53-50-47-44-41-39-37-35-32-29-27-25-23-20-17-14-11-8-5-2/h8,11-12,15,17,20,25,27-28,30,32,35,59H,4-7,9-10,13-14,16,18-19,21-24,26,29,31,33-34,36-58H2,1-3H3/b11-8-,15-12-,20-17-,27-25-,30-28-,35-32-. The lowest BCUT2D eigenvalue weighted by Gasteiger charge is -2.18. The Morgan fingerprint density at radius 2 is 0.603 bits per heavy atom. The lowest BCUT2D eigenvalue weighted by molar-refractivity contribution is -0.167. The molecule has 68 heavy (non-hydrogen) atoms. The van der Waals surface area contributed by atoms with Gasteiger partial charge in [0.15, 0.2) is 6.10 Å². The van der Waals surface area contributed by atoms with Gasteiger partial charge in [-0.2, -0.15) is 0 Å². The van der Waals surface area contributed by atoms with E-state index in [1.807, 2.05) is 0 Å². The van der Waals surface area contributed by atoms with E-state index in [1.165, 1.54) is 135 Å². The van der Waals surface area contributed by atoms with Crippen LogP contribution >= 0.6 is 0 Å². The van der Waals surface area contributed by atoms with Gasteiger partial charge in [0.25, 0.3) is 0 Å². The second-order valence-electron chi connectivity index (χ2n) is 19.2. The zero-order chi connectivity index (χ0) is 49.3. The first-order valence-electron chi connectivity index (χ1n) is 28.9. The Morgan fingerprint density at radius 3 is 0.971 bits per heavy atom. The SMILES string of the molecule is CC/C=C\C/C=C\C/C=C\C/C=C\CCCCCCCCC(=O)OC(COC(=O)CCCCCCC/C=C\CCC)COC(=O)CCCCCCCCCCC/C=C\CCCCCCCCCC. The summed E-state index contributed by atoms with van der Waals surface area (Å²) >= 11 is 0. The molecule has 0 aliphatic heterocycles. The van der Waals surface area contributed by atoms with Crippen molar-refractivity contribution in [2.24, 2.45) is 0 Å². The number of carbonyl (C=O) groups is 3. The number of hydrogen-bond acceptors (Lipinski definition) is 6. The topological polar surface area (TPSA) is 78.9 Å². The van der Waals surface area contributed by atoms with Crippen molar-refractivity contribution in [1.29, 1.82) is 0 Å². The molecule has 1 atom stereocenters. The van der Waals surface area contributed by atoms with Crippen LogP contribution in [0.5, 0.6) is 0 Å². The number of rotatable bonds is 52. The summed E-state index contributed by atoms with van der Waals surface area (Å²) in [6, 6.07) is 0. The van der Waals surface area contributed by atoms with Crippen LogP contribution in [0.15, 0.2) is 72.9 Å². The van der Waals surface area contributed by atoms with Crippen LogP contribution in [-0.4, -0.2) is 37.2 Å². The first kappa shape index (κ1) is 64.8. The normalized spacial score (nSPS) is 12.6. The van der Waals surface area contributed by atoms with Gasteiger partial charge in [0, 0.05) is 19.3 Å². The monoisotopic (exact) mass is 949 g/mol. The number of hydrogen-bond donors (Lipinski definition) is 0. The zero-order valence-electron chi connectivity index (χ0n) is 44.9. The minimum atomic E-state index is -0.787. The van der Waals surface area contributed by atoms with E-state index in [-0.39, 0.29) is 31.1 Å². The van der Waals surface area contributed by atoms with Gasteiger partial charge >= 0.3 is 17.9 Å². The Labute approximate surface area is 421 Å². The first-order chi connectivity index (χ1) is 33.5. The third-order valence-corrected chi connectivity index (χ3v) is 12.4. The Hall–Kier alpha value is -3.15. The summed E-state index contributed by atoms with van der Waals surface area (Å²) in [5, 5.41) is 0. The molecule has 6 nitrogen and oxygen atoms in total. The van der Waals surface area contributed by atoms with E-state index < -0.39 is 6.10 Å². The van der Waals surface area contributed by atoms with Crippen LogP contribution in [0.25, 0.3) is 0 Å². The lowest BCUT2D eigenvalue weighted by atomic mass is 10.1. The van der Waals surface area contributed by atoms with Crippen molar-refractivity contribution in [3.8, 4) is 0 Å². The van der Waals surface area contributed by atoms with E-state index in [0.717, 1.165) is 109 Å². The largest absolute Gasteiger partial charge is 0.462 e. The van der Waals surface area contributed by atoms with Crippen LogP contribution in [-0.2, 0) is 28.6 Å². The van der Waals surface area contributed by atoms with Crippen LogP contribution in [0.2, 0.25) is 0 Å². The number of allylic oxidation sites excluding steroid dienone is 12. The summed E-state index contributed by atoms with van der Waals surface area (Å²) in [5.41, 5.74) is 0. The van der Waals surface area contributed by atoms with E-state index in [1.54, 1.807) is 0 Å². The van der Waals surface area contributed by atoms with Gasteiger partial charge in [-0.1, -0.05) is 235 Å². The molecule has 0 aliphatic carbocycles. The molecular weight excluding hydrogens is 841 g/mol. The fraction of sp³-hybridized carbons (Fsp3) is 0.758. The van der Waals surface area contributed by atoms with Crippen molar-refractivity contribution in [3.05, 3.63) is 72.9 Å². The van der Waals surface area contributed by atoms with Crippen LogP contribution in [0.3, 0.4) is 0 Å². The molecule has 0 heterocycles. The maximum Gasteiger partial charge on any atom is 0.306 e. The van der Waals surface area contributed by atoms with Crippen molar-refractivity contribution in [1.82, 2.24) is 0 Å². The van der Waals surface area contributed by atoms with Crippen molar-refractivity contribution < 1.29 is 28.6 Å². The van der Waals surface area contributed by atoms with Crippen molar-refractivity contribution in [3.63, 3.8) is 0 Å². The predicted octanol–water partition coefficient (Wildman–Crippen LogP) is 19.4. The number of carbonyl (C=O) groups excluding carboxylic acids is 3. The molecule has 0 saturated heterocycles. The molecule has 0 fully saturated rings. The van der Waals surface area contributed by atoms with Crippen molar-refractivity contribution >= 4 is 17.9 Å². The highest BCUT2D eigenvalue weighted by Gasteiger charge is 2.19. The summed E-state index contributed by atoms with van der Waals surface area (Å²) in [4.78, 5) is 38.1. The quantitative estimate of drug-likeness (QED) is 0.0262. The Balaban J connectivity index is 4.31. The van der Waals surface area contributed by atoms with Crippen LogP contribution < -0.4 is 0 Å². The van der Waals surface area contributed by atoms with E-state index >= 15 is 0 Å². The molecule has 6 heteroatoms. The maximum absolute atomic E-state index is 12.8. The minimum Gasteiger partial charge on any atom is -0.462 e. The lowest BCUT2D eigenvalue weighted by Crippen LogP contribution is -2.30. The molecule has 0 saturated carbocycles. The summed E-state index contributed by atoms with van der Waals surface area (Å²) in [5.74, 6) is -0.905. The molecule has 0 bridgehead atoms. The number of esters is 3. The molecule has 0 spiro atoms. The summed E-state index contributed by atoms with van der Waals surface area (Å²) in [7, 11) is 0. The number of unbranched alkanes of at least 4 members (excludes halogenated alkanes) is 29. The highest BCUT2D eigenvalue weighted by atomic mass is 16.6. The molecule has 392 valence electrons. The van der Waals surface area contributed by atoms with Gasteiger partial charge in [0.1, 0.15) is 13.2 Å². The highest BCUT2D eigenvalue weighted by molar-refractivity contribution is 5.71. The summed E-state index contributed by atoms with van der Waals surface area (Å²) < 4.78 is 16.8. The molecule has 0 aromatic rings. The fourth-order valence-electron chi connectivity index (χ4n) is 8.08. The molecule has 0 N–H and O–H groups in total.